The molecule has 0 amide bonds. The molecular weight excluding hydrogens is 258 g/mol. The molecule has 2 rings (SSSR count). The first kappa shape index (κ1) is 16.1. The van der Waals surface area contributed by atoms with Gasteiger partial charge in [-0.2, -0.15) is 0 Å². The minimum atomic E-state index is 0.150. The van der Waals surface area contributed by atoms with Crippen molar-refractivity contribution >= 4 is 11.0 Å². The zero-order chi connectivity index (χ0) is 15.8. The fourth-order valence-electron chi connectivity index (χ4n) is 3.60. The predicted molar refractivity (Wildman–Crippen MR) is 90.6 cm³/mol. The third-order valence-corrected chi connectivity index (χ3v) is 4.17. The normalized spacial score (nSPS) is 13.1. The number of aryl methyl sites for hydroxylation is 1. The van der Waals surface area contributed by atoms with E-state index < -0.39 is 0 Å². The number of rotatable bonds is 4. The van der Waals surface area contributed by atoms with Gasteiger partial charge in [0.25, 0.3) is 0 Å². The summed E-state index contributed by atoms with van der Waals surface area (Å²) in [4.78, 5) is 0. The Bertz CT molecular complexity index is 629. The first-order valence-electron chi connectivity index (χ1n) is 7.93. The van der Waals surface area contributed by atoms with Crippen LogP contribution in [0.2, 0.25) is 0 Å². The van der Waals surface area contributed by atoms with Crippen LogP contribution in [0.15, 0.2) is 22.6 Å². The van der Waals surface area contributed by atoms with Gasteiger partial charge in [-0.3, -0.25) is 0 Å². The molecule has 1 heterocycles. The van der Waals surface area contributed by atoms with Gasteiger partial charge in [0.1, 0.15) is 11.3 Å². The second kappa shape index (κ2) is 5.49. The Morgan fingerprint density at radius 3 is 2.29 bits per heavy atom. The topological polar surface area (TPSA) is 39.2 Å². The fraction of sp³-hybridized carbons (Fsp3) is 0.579. The molecule has 2 aromatic rings. The zero-order valence-corrected chi connectivity index (χ0v) is 14.3. The summed E-state index contributed by atoms with van der Waals surface area (Å²) in [5, 5.41) is 1.23. The highest BCUT2D eigenvalue weighted by Gasteiger charge is 2.28. The van der Waals surface area contributed by atoms with Gasteiger partial charge in [0.2, 0.25) is 0 Å². The van der Waals surface area contributed by atoms with Gasteiger partial charge < -0.3 is 10.2 Å². The van der Waals surface area contributed by atoms with Crippen molar-refractivity contribution < 1.29 is 4.42 Å². The minimum absolute atomic E-state index is 0.150. The summed E-state index contributed by atoms with van der Waals surface area (Å²) in [6.45, 7) is 14.2. The van der Waals surface area contributed by atoms with Gasteiger partial charge >= 0.3 is 0 Å². The molecule has 2 heteroatoms. The van der Waals surface area contributed by atoms with E-state index in [1.807, 2.05) is 0 Å². The van der Waals surface area contributed by atoms with E-state index in [2.05, 4.69) is 59.7 Å². The Balaban J connectivity index is 2.51. The SMILES string of the molecule is CCc1c(CN)oc2ccc(C(C)(C)CC(C)(C)C)cc12. The molecule has 1 aromatic carbocycles. The van der Waals surface area contributed by atoms with Gasteiger partial charge in [-0.15, -0.1) is 0 Å². The van der Waals surface area contributed by atoms with Crippen molar-refractivity contribution in [3.8, 4) is 0 Å². The molecule has 0 unspecified atom stereocenters. The number of benzene rings is 1. The zero-order valence-electron chi connectivity index (χ0n) is 14.3. The standard InChI is InChI=1S/C19H29NO/c1-7-14-15-10-13(19(5,6)12-18(2,3)4)8-9-16(15)21-17(14)11-20/h8-10H,7,11-12,20H2,1-6H3. The van der Waals surface area contributed by atoms with Crippen molar-refractivity contribution in [1.82, 2.24) is 0 Å². The van der Waals surface area contributed by atoms with Gasteiger partial charge in [0, 0.05) is 10.9 Å². The molecule has 0 aliphatic heterocycles. The van der Waals surface area contributed by atoms with Crippen molar-refractivity contribution in [2.24, 2.45) is 11.1 Å². The lowest BCUT2D eigenvalue weighted by molar-refractivity contribution is 0.284. The number of fused-ring (bicyclic) bond motifs is 1. The van der Waals surface area contributed by atoms with Gasteiger partial charge in [-0.05, 0) is 41.4 Å². The summed E-state index contributed by atoms with van der Waals surface area (Å²) >= 11 is 0. The molecule has 0 spiro atoms. The Hall–Kier alpha value is -1.28. The monoisotopic (exact) mass is 287 g/mol. The van der Waals surface area contributed by atoms with Crippen molar-refractivity contribution in [1.29, 1.82) is 0 Å². The van der Waals surface area contributed by atoms with E-state index in [9.17, 15) is 0 Å². The molecular formula is C19H29NO. The van der Waals surface area contributed by atoms with Crippen LogP contribution < -0.4 is 5.73 Å². The molecule has 0 fully saturated rings. The fourth-order valence-corrected chi connectivity index (χ4v) is 3.60. The van der Waals surface area contributed by atoms with Gasteiger partial charge in [-0.1, -0.05) is 47.6 Å². The maximum atomic E-state index is 5.88. The van der Waals surface area contributed by atoms with E-state index >= 15 is 0 Å². The van der Waals surface area contributed by atoms with Crippen LogP contribution in [0.4, 0.5) is 0 Å². The molecule has 0 radical (unpaired) electrons. The molecule has 0 atom stereocenters. The average molecular weight is 287 g/mol. The average Bonchev–Trinajstić information content (AvgIpc) is 2.72. The third kappa shape index (κ3) is 3.32. The van der Waals surface area contributed by atoms with Crippen LogP contribution in [0.1, 0.15) is 64.9 Å². The summed E-state index contributed by atoms with van der Waals surface area (Å²) in [5.41, 5.74) is 9.87. The summed E-state index contributed by atoms with van der Waals surface area (Å²) in [7, 11) is 0. The van der Waals surface area contributed by atoms with Crippen LogP contribution in [0.5, 0.6) is 0 Å². The Morgan fingerprint density at radius 1 is 1.10 bits per heavy atom. The lowest BCUT2D eigenvalue weighted by Gasteiger charge is -2.33. The molecule has 2 N–H and O–H groups in total. The summed E-state index contributed by atoms with van der Waals surface area (Å²) in [5.74, 6) is 0.929. The van der Waals surface area contributed by atoms with Crippen LogP contribution in [-0.4, -0.2) is 0 Å². The largest absolute Gasteiger partial charge is 0.459 e. The number of nitrogens with two attached hydrogens (primary N) is 1. The quantitative estimate of drug-likeness (QED) is 0.842. The van der Waals surface area contributed by atoms with Crippen LogP contribution in [0, 0.1) is 5.41 Å². The van der Waals surface area contributed by atoms with Crippen LogP contribution in [0.25, 0.3) is 11.0 Å². The molecule has 0 saturated heterocycles. The molecule has 0 aliphatic carbocycles. The second-order valence-corrected chi connectivity index (χ2v) is 7.89. The first-order valence-corrected chi connectivity index (χ1v) is 7.93. The predicted octanol–water partition coefficient (Wildman–Crippen LogP) is 5.17. The number of hydrogen-bond acceptors (Lipinski definition) is 2. The van der Waals surface area contributed by atoms with Crippen LogP contribution >= 0.6 is 0 Å². The maximum Gasteiger partial charge on any atom is 0.134 e. The number of hydrogen-bond donors (Lipinski definition) is 1. The van der Waals surface area contributed by atoms with E-state index in [1.165, 1.54) is 16.5 Å². The van der Waals surface area contributed by atoms with Crippen molar-refractivity contribution in [2.75, 3.05) is 0 Å². The molecule has 0 saturated carbocycles. The molecule has 1 aromatic heterocycles. The van der Waals surface area contributed by atoms with E-state index in [0.29, 0.717) is 12.0 Å². The third-order valence-electron chi connectivity index (χ3n) is 4.17. The molecule has 0 bridgehead atoms. The lowest BCUT2D eigenvalue weighted by atomic mass is 9.72. The van der Waals surface area contributed by atoms with Crippen LogP contribution in [0.3, 0.4) is 0 Å². The highest BCUT2D eigenvalue weighted by atomic mass is 16.3. The minimum Gasteiger partial charge on any atom is -0.459 e. The Morgan fingerprint density at radius 2 is 1.76 bits per heavy atom. The highest BCUT2D eigenvalue weighted by Crippen LogP contribution is 2.38. The van der Waals surface area contributed by atoms with Gasteiger partial charge in [-0.25, -0.2) is 0 Å². The van der Waals surface area contributed by atoms with Crippen molar-refractivity contribution in [3.05, 3.63) is 35.1 Å². The van der Waals surface area contributed by atoms with E-state index in [0.717, 1.165) is 24.2 Å². The van der Waals surface area contributed by atoms with E-state index in [-0.39, 0.29) is 5.41 Å². The van der Waals surface area contributed by atoms with E-state index in [1.54, 1.807) is 0 Å². The van der Waals surface area contributed by atoms with E-state index in [4.69, 9.17) is 10.2 Å². The lowest BCUT2D eigenvalue weighted by Crippen LogP contribution is -2.24. The number of furan rings is 1. The molecule has 0 aliphatic rings. The molecule has 116 valence electrons. The smallest absolute Gasteiger partial charge is 0.134 e. The van der Waals surface area contributed by atoms with Gasteiger partial charge in [0.15, 0.2) is 0 Å². The second-order valence-electron chi connectivity index (χ2n) is 7.89. The Labute approximate surface area is 128 Å². The van der Waals surface area contributed by atoms with Crippen LogP contribution in [-0.2, 0) is 18.4 Å². The molecule has 21 heavy (non-hydrogen) atoms. The maximum absolute atomic E-state index is 5.88. The highest BCUT2D eigenvalue weighted by molar-refractivity contribution is 5.83. The van der Waals surface area contributed by atoms with Gasteiger partial charge in [0.05, 0.1) is 6.54 Å². The van der Waals surface area contributed by atoms with Crippen molar-refractivity contribution in [3.63, 3.8) is 0 Å². The first-order chi connectivity index (χ1) is 9.68. The van der Waals surface area contributed by atoms with Crippen molar-refractivity contribution in [2.45, 2.75) is 66.3 Å². The molecule has 2 nitrogen and oxygen atoms in total. The summed E-state index contributed by atoms with van der Waals surface area (Å²) < 4.78 is 5.88. The summed E-state index contributed by atoms with van der Waals surface area (Å²) in [6, 6.07) is 6.62. The Kier molecular flexibility index (Phi) is 4.21. The summed E-state index contributed by atoms with van der Waals surface area (Å²) in [6.07, 6.45) is 2.11.